The number of ether oxygens (including phenoxy) is 2. The van der Waals surface area contributed by atoms with E-state index in [4.69, 9.17) is 9.47 Å². The molecule has 8 heteroatoms. The average molecular weight is 395 g/mol. The van der Waals surface area contributed by atoms with E-state index in [2.05, 4.69) is 19.9 Å². The highest BCUT2D eigenvalue weighted by Gasteiger charge is 2.40. The maximum Gasteiger partial charge on any atom is 0.226 e. The van der Waals surface area contributed by atoms with Crippen LogP contribution in [0.15, 0.2) is 35.7 Å². The van der Waals surface area contributed by atoms with Gasteiger partial charge in [0.1, 0.15) is 11.6 Å². The van der Waals surface area contributed by atoms with Gasteiger partial charge in [-0.25, -0.2) is 4.98 Å². The van der Waals surface area contributed by atoms with E-state index < -0.39 is 0 Å². The Hall–Kier alpha value is -3.29. The number of carbonyl (C=O) groups excluding carboxylic acids is 1. The molecule has 1 saturated carbocycles. The van der Waals surface area contributed by atoms with Crippen LogP contribution in [0.1, 0.15) is 29.4 Å². The van der Waals surface area contributed by atoms with Crippen molar-refractivity contribution in [2.75, 3.05) is 27.8 Å². The van der Waals surface area contributed by atoms with Crippen LogP contribution in [-0.2, 0) is 4.79 Å². The molecular formula is C21H25N5O3. The van der Waals surface area contributed by atoms with Gasteiger partial charge < -0.3 is 14.4 Å². The van der Waals surface area contributed by atoms with E-state index in [1.807, 2.05) is 38.1 Å². The molecule has 3 rings (SSSR count). The highest BCUT2D eigenvalue weighted by atomic mass is 16.5. The summed E-state index contributed by atoms with van der Waals surface area (Å²) in [6.45, 7) is 2.33. The molecule has 2 atom stereocenters. The van der Waals surface area contributed by atoms with Crippen molar-refractivity contribution in [2.45, 2.75) is 19.3 Å². The second kappa shape index (κ2) is 9.27. The van der Waals surface area contributed by atoms with Crippen LogP contribution in [0.4, 0.5) is 0 Å². The van der Waals surface area contributed by atoms with E-state index in [9.17, 15) is 4.79 Å². The number of hydrogen-bond acceptors (Lipinski definition) is 8. The molecule has 2 aromatic rings. The van der Waals surface area contributed by atoms with Crippen molar-refractivity contribution in [1.29, 1.82) is 0 Å². The maximum absolute atomic E-state index is 10.7. The van der Waals surface area contributed by atoms with Gasteiger partial charge in [0.15, 0.2) is 6.29 Å². The molecule has 0 radical (unpaired) electrons. The first-order valence-electron chi connectivity index (χ1n) is 9.34. The zero-order valence-corrected chi connectivity index (χ0v) is 17.1. The third-order valence-corrected chi connectivity index (χ3v) is 4.54. The lowest BCUT2D eigenvalue weighted by atomic mass is 10.2. The Morgan fingerprint density at radius 3 is 2.79 bits per heavy atom. The third kappa shape index (κ3) is 5.37. The summed E-state index contributed by atoms with van der Waals surface area (Å²) in [5, 5.41) is 0. The Labute approximate surface area is 170 Å². The highest BCUT2D eigenvalue weighted by molar-refractivity contribution is 6.14. The fourth-order valence-electron chi connectivity index (χ4n) is 2.97. The largest absolute Gasteiger partial charge is 0.495 e. The molecule has 2 unspecified atom stereocenters. The number of pyridine rings is 1. The number of carbonyl (C=O) groups is 1. The van der Waals surface area contributed by atoms with Gasteiger partial charge in [-0.3, -0.25) is 14.8 Å². The first-order valence-corrected chi connectivity index (χ1v) is 9.34. The molecule has 0 bridgehead atoms. The standard InChI is InChI=1S/C21H25N5O3/c1-14-23-11-18(20(12-26(2)3)22-7-8-27)21(25-14)29-13-15-9-17(15)19-6-5-16(28-4)10-24-19/h5-8,10-12,15,17H,9,13H2,1-4H3/b20-12-,22-7?. The van der Waals surface area contributed by atoms with Gasteiger partial charge in [0.25, 0.3) is 0 Å². The van der Waals surface area contributed by atoms with Crippen molar-refractivity contribution < 1.29 is 14.3 Å². The lowest BCUT2D eigenvalue weighted by Gasteiger charge is -2.13. The minimum Gasteiger partial charge on any atom is -0.495 e. The molecule has 1 fully saturated rings. The van der Waals surface area contributed by atoms with E-state index in [1.165, 1.54) is 6.21 Å². The predicted molar refractivity (Wildman–Crippen MR) is 110 cm³/mol. The quantitative estimate of drug-likeness (QED) is 0.476. The number of methoxy groups -OCH3 is 1. The van der Waals surface area contributed by atoms with Crippen molar-refractivity contribution in [1.82, 2.24) is 19.9 Å². The number of hydrogen-bond donors (Lipinski definition) is 0. The second-order valence-electron chi connectivity index (χ2n) is 7.06. The SMILES string of the molecule is COc1ccc(C2CC2COc2nc(C)ncc2/C(=C/N(C)C)N=CC=O)nc1. The van der Waals surface area contributed by atoms with Crippen LogP contribution >= 0.6 is 0 Å². The number of aromatic nitrogens is 3. The smallest absolute Gasteiger partial charge is 0.226 e. The summed E-state index contributed by atoms with van der Waals surface area (Å²) in [5.41, 5.74) is 2.24. The summed E-state index contributed by atoms with van der Waals surface area (Å²) in [6.07, 6.45) is 8.05. The van der Waals surface area contributed by atoms with Crippen LogP contribution in [-0.4, -0.2) is 60.2 Å². The average Bonchev–Trinajstić information content (AvgIpc) is 3.49. The molecule has 8 nitrogen and oxygen atoms in total. The Morgan fingerprint density at radius 2 is 2.14 bits per heavy atom. The van der Waals surface area contributed by atoms with Crippen LogP contribution in [0, 0.1) is 12.8 Å². The van der Waals surface area contributed by atoms with E-state index >= 15 is 0 Å². The molecule has 152 valence electrons. The Bertz CT molecular complexity index is 909. The molecule has 0 aliphatic heterocycles. The topological polar surface area (TPSA) is 89.8 Å². The zero-order chi connectivity index (χ0) is 20.8. The summed E-state index contributed by atoms with van der Waals surface area (Å²) in [4.78, 5) is 30.0. The predicted octanol–water partition coefficient (Wildman–Crippen LogP) is 2.50. The summed E-state index contributed by atoms with van der Waals surface area (Å²) >= 11 is 0. The van der Waals surface area contributed by atoms with Gasteiger partial charge in [-0.15, -0.1) is 0 Å². The maximum atomic E-state index is 10.7. The number of aliphatic imine (C=N–C) groups is 1. The van der Waals surface area contributed by atoms with E-state index in [0.29, 0.717) is 47.7 Å². The van der Waals surface area contributed by atoms with Crippen molar-refractivity contribution in [2.24, 2.45) is 10.9 Å². The molecule has 2 aromatic heterocycles. The molecule has 2 heterocycles. The first-order chi connectivity index (χ1) is 14.0. The van der Waals surface area contributed by atoms with Gasteiger partial charge in [0.2, 0.25) is 5.88 Å². The van der Waals surface area contributed by atoms with Crippen LogP contribution in [0.3, 0.4) is 0 Å². The molecule has 1 aliphatic rings. The highest BCUT2D eigenvalue weighted by Crippen LogP contribution is 2.47. The minimum absolute atomic E-state index is 0.372. The Kier molecular flexibility index (Phi) is 6.54. The number of aldehydes is 1. The lowest BCUT2D eigenvalue weighted by molar-refractivity contribution is -0.102. The number of aryl methyl sites for hydroxylation is 1. The van der Waals surface area contributed by atoms with Gasteiger partial charge >= 0.3 is 0 Å². The Balaban J connectivity index is 1.73. The van der Waals surface area contributed by atoms with Crippen LogP contribution in [0.25, 0.3) is 5.70 Å². The van der Waals surface area contributed by atoms with Gasteiger partial charge in [-0.1, -0.05) is 0 Å². The molecular weight excluding hydrogens is 370 g/mol. The molecule has 0 N–H and O–H groups in total. The van der Waals surface area contributed by atoms with Crippen LogP contribution < -0.4 is 9.47 Å². The molecule has 1 aliphatic carbocycles. The summed E-state index contributed by atoms with van der Waals surface area (Å²) in [6, 6.07) is 3.92. The molecule has 0 saturated heterocycles. The minimum atomic E-state index is 0.372. The van der Waals surface area contributed by atoms with E-state index in [-0.39, 0.29) is 0 Å². The molecule has 29 heavy (non-hydrogen) atoms. The monoisotopic (exact) mass is 395 g/mol. The fourth-order valence-corrected chi connectivity index (χ4v) is 2.97. The molecule has 0 spiro atoms. The van der Waals surface area contributed by atoms with E-state index in [0.717, 1.165) is 17.9 Å². The fraction of sp³-hybridized carbons (Fsp3) is 0.381. The Morgan fingerprint density at radius 1 is 1.31 bits per heavy atom. The molecule has 0 amide bonds. The van der Waals surface area contributed by atoms with Gasteiger partial charge in [0.05, 0.1) is 37.4 Å². The van der Waals surface area contributed by atoms with Gasteiger partial charge in [0, 0.05) is 44.0 Å². The van der Waals surface area contributed by atoms with Crippen molar-refractivity contribution in [3.63, 3.8) is 0 Å². The van der Waals surface area contributed by atoms with Gasteiger partial charge in [-0.2, -0.15) is 4.98 Å². The van der Waals surface area contributed by atoms with Crippen molar-refractivity contribution in [3.8, 4) is 11.6 Å². The first kappa shape index (κ1) is 20.4. The molecule has 0 aromatic carbocycles. The third-order valence-electron chi connectivity index (χ3n) is 4.54. The number of nitrogens with zero attached hydrogens (tertiary/aromatic N) is 5. The lowest BCUT2D eigenvalue weighted by Crippen LogP contribution is -2.08. The summed E-state index contributed by atoms with van der Waals surface area (Å²) in [5.74, 6) is 2.56. The van der Waals surface area contributed by atoms with Crippen molar-refractivity contribution >= 4 is 18.2 Å². The summed E-state index contributed by atoms with van der Waals surface area (Å²) < 4.78 is 11.2. The van der Waals surface area contributed by atoms with Crippen LogP contribution in [0.2, 0.25) is 0 Å². The zero-order valence-electron chi connectivity index (χ0n) is 17.1. The second-order valence-corrected chi connectivity index (χ2v) is 7.06. The number of rotatable bonds is 9. The van der Waals surface area contributed by atoms with Gasteiger partial charge in [-0.05, 0) is 25.5 Å². The normalized spacial score (nSPS) is 18.6. The van der Waals surface area contributed by atoms with Crippen LogP contribution in [0.5, 0.6) is 11.6 Å². The van der Waals surface area contributed by atoms with Crippen molar-refractivity contribution in [3.05, 3.63) is 47.8 Å². The van der Waals surface area contributed by atoms with E-state index in [1.54, 1.807) is 25.7 Å². The summed E-state index contributed by atoms with van der Waals surface area (Å²) in [7, 11) is 5.38.